The van der Waals surface area contributed by atoms with Crippen molar-refractivity contribution in [1.29, 1.82) is 0 Å². The molecule has 1 amide bonds. The number of para-hydroxylation sites is 1. The van der Waals surface area contributed by atoms with Gasteiger partial charge in [0.05, 0.1) is 22.5 Å². The van der Waals surface area contributed by atoms with Crippen LogP contribution in [0.1, 0.15) is 20.3 Å². The minimum atomic E-state index is -0.182. The van der Waals surface area contributed by atoms with Gasteiger partial charge in [0.15, 0.2) is 5.16 Å². The van der Waals surface area contributed by atoms with Gasteiger partial charge in [0.25, 0.3) is 0 Å². The number of carbonyl (C=O) groups excluding carboxylic acids is 1. The van der Waals surface area contributed by atoms with E-state index in [1.165, 1.54) is 11.8 Å². The molecule has 0 radical (unpaired) electrons. The largest absolute Gasteiger partial charge is 0.332 e. The van der Waals surface area contributed by atoms with Gasteiger partial charge in [0.2, 0.25) is 5.91 Å². The van der Waals surface area contributed by atoms with Crippen LogP contribution in [0, 0.1) is 0 Å². The number of aromatic amines is 1. The number of pyridine rings is 1. The number of hydrogen-bond acceptors (Lipinski definition) is 4. The standard InChI is InChI=1S/C18H20N4OS/c1-3-16(17(23)22(4-2)13-8-6-5-7-9-13)24-18-20-14-10-11-19-12-15(14)21-18/h5-12,16H,3-4H2,1-2H3,(H,20,21). The van der Waals surface area contributed by atoms with E-state index in [1.807, 2.05) is 55.1 Å². The molecule has 3 aromatic rings. The number of rotatable bonds is 6. The van der Waals surface area contributed by atoms with Crippen LogP contribution in [0.25, 0.3) is 11.0 Å². The number of amides is 1. The number of thioether (sulfide) groups is 1. The predicted octanol–water partition coefficient (Wildman–Crippen LogP) is 3.88. The number of carbonyl (C=O) groups is 1. The van der Waals surface area contributed by atoms with Gasteiger partial charge in [0, 0.05) is 18.4 Å². The van der Waals surface area contributed by atoms with Crippen LogP contribution < -0.4 is 4.90 Å². The van der Waals surface area contributed by atoms with Crippen molar-refractivity contribution in [1.82, 2.24) is 15.0 Å². The Kier molecular flexibility index (Phi) is 5.15. The van der Waals surface area contributed by atoms with Gasteiger partial charge in [-0.1, -0.05) is 36.9 Å². The normalized spacial score (nSPS) is 12.2. The molecule has 124 valence electrons. The minimum absolute atomic E-state index is 0.106. The van der Waals surface area contributed by atoms with E-state index in [4.69, 9.17) is 0 Å². The lowest BCUT2D eigenvalue weighted by molar-refractivity contribution is -0.118. The maximum atomic E-state index is 13.0. The van der Waals surface area contributed by atoms with Crippen molar-refractivity contribution in [3.05, 3.63) is 48.8 Å². The molecule has 24 heavy (non-hydrogen) atoms. The third kappa shape index (κ3) is 3.43. The molecule has 0 saturated heterocycles. The summed E-state index contributed by atoms with van der Waals surface area (Å²) in [4.78, 5) is 26.7. The highest BCUT2D eigenvalue weighted by Crippen LogP contribution is 2.28. The molecule has 0 bridgehead atoms. The second-order valence-corrected chi connectivity index (χ2v) is 6.56. The van der Waals surface area contributed by atoms with E-state index < -0.39 is 0 Å². The van der Waals surface area contributed by atoms with E-state index in [0.717, 1.165) is 28.3 Å². The number of imidazole rings is 1. The Morgan fingerprint density at radius 3 is 2.71 bits per heavy atom. The van der Waals surface area contributed by atoms with E-state index >= 15 is 0 Å². The maximum absolute atomic E-state index is 13.0. The fraction of sp³-hybridized carbons (Fsp3) is 0.278. The van der Waals surface area contributed by atoms with Gasteiger partial charge in [-0.3, -0.25) is 9.78 Å². The zero-order valence-corrected chi connectivity index (χ0v) is 14.6. The number of fused-ring (bicyclic) bond motifs is 1. The lowest BCUT2D eigenvalue weighted by Crippen LogP contribution is -2.37. The molecule has 1 N–H and O–H groups in total. The van der Waals surface area contributed by atoms with E-state index in [1.54, 1.807) is 12.4 Å². The van der Waals surface area contributed by atoms with E-state index in [2.05, 4.69) is 15.0 Å². The van der Waals surface area contributed by atoms with Crippen LogP contribution in [0.3, 0.4) is 0 Å². The molecule has 0 aliphatic heterocycles. The minimum Gasteiger partial charge on any atom is -0.332 e. The number of aromatic nitrogens is 3. The Bertz CT molecular complexity index is 785. The van der Waals surface area contributed by atoms with Crippen LogP contribution >= 0.6 is 11.8 Å². The number of anilines is 1. The SMILES string of the molecule is CCC(Sc1nc2ccncc2[nH]1)C(=O)N(CC)c1ccccc1. The summed E-state index contributed by atoms with van der Waals surface area (Å²) in [6, 6.07) is 11.6. The summed E-state index contributed by atoms with van der Waals surface area (Å²) in [5, 5.41) is 0.570. The molecular weight excluding hydrogens is 320 g/mol. The molecule has 6 heteroatoms. The molecule has 2 aromatic heterocycles. The highest BCUT2D eigenvalue weighted by atomic mass is 32.2. The summed E-state index contributed by atoms with van der Waals surface area (Å²) >= 11 is 1.48. The van der Waals surface area contributed by atoms with Crippen molar-refractivity contribution >= 4 is 34.4 Å². The monoisotopic (exact) mass is 340 g/mol. The Morgan fingerprint density at radius 2 is 2.04 bits per heavy atom. The number of benzene rings is 1. The summed E-state index contributed by atoms with van der Waals surface area (Å²) in [6.07, 6.45) is 4.20. The Hall–Kier alpha value is -2.34. The summed E-state index contributed by atoms with van der Waals surface area (Å²) in [6.45, 7) is 4.66. The van der Waals surface area contributed by atoms with Crippen molar-refractivity contribution in [3.63, 3.8) is 0 Å². The van der Waals surface area contributed by atoms with Crippen LogP contribution in [-0.2, 0) is 4.79 Å². The Morgan fingerprint density at radius 1 is 1.25 bits per heavy atom. The highest BCUT2D eigenvalue weighted by Gasteiger charge is 2.25. The smallest absolute Gasteiger partial charge is 0.240 e. The summed E-state index contributed by atoms with van der Waals surface area (Å²) in [5.74, 6) is 0.106. The second-order valence-electron chi connectivity index (χ2n) is 5.37. The topological polar surface area (TPSA) is 61.9 Å². The van der Waals surface area contributed by atoms with E-state index in [0.29, 0.717) is 6.54 Å². The van der Waals surface area contributed by atoms with Crippen molar-refractivity contribution in [2.75, 3.05) is 11.4 Å². The number of nitrogens with one attached hydrogen (secondary N) is 1. The predicted molar refractivity (Wildman–Crippen MR) is 98.3 cm³/mol. The Labute approximate surface area is 145 Å². The van der Waals surface area contributed by atoms with Crippen molar-refractivity contribution in [3.8, 4) is 0 Å². The van der Waals surface area contributed by atoms with Crippen LogP contribution in [0.4, 0.5) is 5.69 Å². The quantitative estimate of drug-likeness (QED) is 0.692. The molecule has 1 aromatic carbocycles. The maximum Gasteiger partial charge on any atom is 0.240 e. The van der Waals surface area contributed by atoms with Gasteiger partial charge in [-0.2, -0.15) is 0 Å². The molecule has 2 heterocycles. The third-order valence-electron chi connectivity index (χ3n) is 3.81. The van der Waals surface area contributed by atoms with Gasteiger partial charge >= 0.3 is 0 Å². The van der Waals surface area contributed by atoms with E-state index in [9.17, 15) is 4.79 Å². The first-order valence-corrected chi connectivity index (χ1v) is 8.93. The summed E-state index contributed by atoms with van der Waals surface area (Å²) in [5.41, 5.74) is 2.68. The van der Waals surface area contributed by atoms with Gasteiger partial charge in [0.1, 0.15) is 0 Å². The summed E-state index contributed by atoms with van der Waals surface area (Å²) < 4.78 is 0. The average molecular weight is 340 g/mol. The molecular formula is C18H20N4OS. The van der Waals surface area contributed by atoms with Crippen LogP contribution in [0.5, 0.6) is 0 Å². The van der Waals surface area contributed by atoms with Crippen LogP contribution in [0.2, 0.25) is 0 Å². The number of H-pyrrole nitrogens is 1. The van der Waals surface area contributed by atoms with Gasteiger partial charge < -0.3 is 9.88 Å². The molecule has 3 rings (SSSR count). The molecule has 0 fully saturated rings. The summed E-state index contributed by atoms with van der Waals surface area (Å²) in [7, 11) is 0. The molecule has 0 spiro atoms. The fourth-order valence-corrected chi connectivity index (χ4v) is 3.56. The number of hydrogen-bond donors (Lipinski definition) is 1. The second kappa shape index (κ2) is 7.49. The molecule has 0 saturated carbocycles. The zero-order valence-electron chi connectivity index (χ0n) is 13.8. The lowest BCUT2D eigenvalue weighted by Gasteiger charge is -2.25. The first-order valence-electron chi connectivity index (χ1n) is 8.05. The molecule has 0 aliphatic carbocycles. The molecule has 0 aliphatic rings. The molecule has 5 nitrogen and oxygen atoms in total. The zero-order chi connectivity index (χ0) is 16.9. The first kappa shape index (κ1) is 16.5. The fourth-order valence-electron chi connectivity index (χ4n) is 2.58. The Balaban J connectivity index is 1.80. The number of nitrogens with zero attached hydrogens (tertiary/aromatic N) is 3. The molecule has 1 atom stereocenters. The van der Waals surface area contributed by atoms with Crippen molar-refractivity contribution in [2.24, 2.45) is 0 Å². The first-order chi connectivity index (χ1) is 11.7. The average Bonchev–Trinajstić information content (AvgIpc) is 3.03. The lowest BCUT2D eigenvalue weighted by atomic mass is 10.2. The molecule has 1 unspecified atom stereocenters. The van der Waals surface area contributed by atoms with Crippen LogP contribution in [0.15, 0.2) is 53.9 Å². The van der Waals surface area contributed by atoms with Crippen molar-refractivity contribution < 1.29 is 4.79 Å². The van der Waals surface area contributed by atoms with Crippen LogP contribution in [-0.4, -0.2) is 32.7 Å². The van der Waals surface area contributed by atoms with E-state index in [-0.39, 0.29) is 11.2 Å². The van der Waals surface area contributed by atoms with Crippen molar-refractivity contribution in [2.45, 2.75) is 30.7 Å². The van der Waals surface area contributed by atoms with Gasteiger partial charge in [-0.15, -0.1) is 0 Å². The third-order valence-corrected chi connectivity index (χ3v) is 5.05. The highest BCUT2D eigenvalue weighted by molar-refractivity contribution is 8.00. The van der Waals surface area contributed by atoms with Gasteiger partial charge in [-0.25, -0.2) is 4.98 Å². The van der Waals surface area contributed by atoms with Gasteiger partial charge in [-0.05, 0) is 31.5 Å².